The van der Waals surface area contributed by atoms with Crippen LogP contribution in [-0.4, -0.2) is 67.5 Å². The number of rotatable bonds is 9. The molecule has 1 atom stereocenters. The molecule has 2 aromatic rings. The minimum atomic E-state index is -0.708. The van der Waals surface area contributed by atoms with Crippen LogP contribution in [0.3, 0.4) is 0 Å². The zero-order chi connectivity index (χ0) is 24.1. The van der Waals surface area contributed by atoms with Crippen molar-refractivity contribution in [1.82, 2.24) is 9.80 Å². The van der Waals surface area contributed by atoms with Gasteiger partial charge in [-0.2, -0.15) is 0 Å². The average Bonchev–Trinajstić information content (AvgIpc) is 3.06. The van der Waals surface area contributed by atoms with Gasteiger partial charge in [0, 0.05) is 18.7 Å². The summed E-state index contributed by atoms with van der Waals surface area (Å²) in [5.74, 6) is -0.208. The number of Topliss-reactive ketones (excluding diaryl/α,β-unsaturated/α-hetero) is 1. The van der Waals surface area contributed by atoms with Gasteiger partial charge in [0.25, 0.3) is 11.7 Å². The van der Waals surface area contributed by atoms with Gasteiger partial charge in [-0.3, -0.25) is 9.59 Å². The van der Waals surface area contributed by atoms with Crippen LogP contribution < -0.4 is 9.47 Å². The fourth-order valence-electron chi connectivity index (χ4n) is 3.85. The summed E-state index contributed by atoms with van der Waals surface area (Å²) in [5.41, 5.74) is 2.05. The van der Waals surface area contributed by atoms with Crippen molar-refractivity contribution in [3.63, 3.8) is 0 Å². The summed E-state index contributed by atoms with van der Waals surface area (Å²) < 4.78 is 10.8. The number of ketones is 1. The van der Waals surface area contributed by atoms with Gasteiger partial charge in [0.15, 0.2) is 0 Å². The number of carbonyl (C=O) groups is 2. The Kier molecular flexibility index (Phi) is 7.55. The van der Waals surface area contributed by atoms with Crippen LogP contribution >= 0.6 is 0 Å². The molecular weight excluding hydrogens is 420 g/mol. The molecule has 0 radical (unpaired) electrons. The lowest BCUT2D eigenvalue weighted by Crippen LogP contribution is -2.35. The normalized spacial score (nSPS) is 17.5. The predicted octanol–water partition coefficient (Wildman–Crippen LogP) is 3.55. The summed E-state index contributed by atoms with van der Waals surface area (Å²) in [7, 11) is 5.37. The van der Waals surface area contributed by atoms with Gasteiger partial charge in [-0.1, -0.05) is 24.8 Å². The van der Waals surface area contributed by atoms with Crippen molar-refractivity contribution in [3.05, 3.63) is 77.4 Å². The molecule has 0 saturated carbocycles. The molecule has 174 valence electrons. The lowest BCUT2D eigenvalue weighted by atomic mass is 9.94. The van der Waals surface area contributed by atoms with E-state index in [4.69, 9.17) is 9.47 Å². The minimum absolute atomic E-state index is 0.0723. The lowest BCUT2D eigenvalue weighted by molar-refractivity contribution is -0.140. The Labute approximate surface area is 194 Å². The highest BCUT2D eigenvalue weighted by Gasteiger charge is 2.45. The van der Waals surface area contributed by atoms with E-state index in [2.05, 4.69) is 6.58 Å². The van der Waals surface area contributed by atoms with Crippen molar-refractivity contribution >= 4 is 17.4 Å². The first-order valence-electron chi connectivity index (χ1n) is 10.7. The minimum Gasteiger partial charge on any atom is -0.507 e. The van der Waals surface area contributed by atoms with Crippen LogP contribution in [0.25, 0.3) is 5.76 Å². The van der Waals surface area contributed by atoms with E-state index >= 15 is 0 Å². The maximum absolute atomic E-state index is 13.1. The Balaban J connectivity index is 2.10. The van der Waals surface area contributed by atoms with Crippen LogP contribution in [0.15, 0.2) is 60.7 Å². The third-order valence-electron chi connectivity index (χ3n) is 5.56. The van der Waals surface area contributed by atoms with Crippen molar-refractivity contribution in [2.24, 2.45) is 0 Å². The van der Waals surface area contributed by atoms with Crippen LogP contribution in [0.2, 0.25) is 0 Å². The molecule has 1 saturated heterocycles. The zero-order valence-corrected chi connectivity index (χ0v) is 19.5. The van der Waals surface area contributed by atoms with Crippen molar-refractivity contribution in [3.8, 4) is 11.5 Å². The molecule has 0 spiro atoms. The van der Waals surface area contributed by atoms with Gasteiger partial charge >= 0.3 is 0 Å². The van der Waals surface area contributed by atoms with E-state index in [1.807, 2.05) is 38.1 Å². The fraction of sp³-hybridized carbons (Fsp3) is 0.308. The number of hydrogen-bond acceptors (Lipinski definition) is 6. The van der Waals surface area contributed by atoms with Crippen molar-refractivity contribution in [2.45, 2.75) is 13.0 Å². The number of amides is 1. The van der Waals surface area contributed by atoms with Gasteiger partial charge in [-0.15, -0.1) is 0 Å². The van der Waals surface area contributed by atoms with Crippen molar-refractivity contribution < 1.29 is 24.2 Å². The van der Waals surface area contributed by atoms with Gasteiger partial charge in [0.05, 0.1) is 18.7 Å². The average molecular weight is 451 g/mol. The Morgan fingerprint density at radius 1 is 1.18 bits per heavy atom. The number of ether oxygens (including phenoxy) is 2. The van der Waals surface area contributed by atoms with E-state index in [0.717, 1.165) is 5.56 Å². The maximum atomic E-state index is 13.1. The summed E-state index contributed by atoms with van der Waals surface area (Å²) in [6, 6.07) is 11.6. The Morgan fingerprint density at radius 2 is 1.88 bits per heavy atom. The number of benzene rings is 2. The highest BCUT2D eigenvalue weighted by atomic mass is 16.5. The van der Waals surface area contributed by atoms with Gasteiger partial charge in [-0.25, -0.2) is 0 Å². The van der Waals surface area contributed by atoms with Gasteiger partial charge in [-0.05, 0) is 62.5 Å². The van der Waals surface area contributed by atoms with Crippen LogP contribution in [-0.2, 0) is 9.59 Å². The SMILES string of the molecule is C=CCOc1ccc(C2/C(=C(\O)c3ccc(OC)c(C)c3)C(=O)C(=O)N2CCN(C)C)cc1. The number of nitrogens with zero attached hydrogens (tertiary/aromatic N) is 2. The molecule has 1 amide bonds. The lowest BCUT2D eigenvalue weighted by Gasteiger charge is -2.26. The first-order chi connectivity index (χ1) is 15.8. The van der Waals surface area contributed by atoms with E-state index in [1.54, 1.807) is 43.5 Å². The Morgan fingerprint density at radius 3 is 2.45 bits per heavy atom. The molecule has 7 nitrogen and oxygen atoms in total. The second-order valence-electron chi connectivity index (χ2n) is 8.15. The van der Waals surface area contributed by atoms with Gasteiger partial charge in [0.2, 0.25) is 0 Å². The van der Waals surface area contributed by atoms with Gasteiger partial charge < -0.3 is 24.4 Å². The summed E-state index contributed by atoms with van der Waals surface area (Å²) in [6.45, 7) is 6.78. The van der Waals surface area contributed by atoms with Crippen molar-refractivity contribution in [2.75, 3.05) is 40.9 Å². The molecule has 1 heterocycles. The molecule has 33 heavy (non-hydrogen) atoms. The number of likely N-dealkylation sites (N-methyl/N-ethyl adjacent to an activating group) is 1. The molecule has 2 aromatic carbocycles. The van der Waals surface area contributed by atoms with Crippen LogP contribution in [0.1, 0.15) is 22.7 Å². The molecule has 1 unspecified atom stereocenters. The topological polar surface area (TPSA) is 79.3 Å². The molecule has 1 aliphatic rings. The largest absolute Gasteiger partial charge is 0.507 e. The smallest absolute Gasteiger partial charge is 0.295 e. The van der Waals surface area contributed by atoms with Crippen LogP contribution in [0, 0.1) is 6.92 Å². The first kappa shape index (κ1) is 24.1. The highest BCUT2D eigenvalue weighted by molar-refractivity contribution is 6.46. The highest BCUT2D eigenvalue weighted by Crippen LogP contribution is 2.40. The standard InChI is InChI=1S/C26H30N2O5/c1-6-15-33-20-10-7-18(8-11-20)23-22(25(30)26(31)28(23)14-13-27(3)4)24(29)19-9-12-21(32-5)17(2)16-19/h6-12,16,23,29H,1,13-15H2,2-5H3/b24-22+. The molecule has 7 heteroatoms. The predicted molar refractivity (Wildman–Crippen MR) is 127 cm³/mol. The second kappa shape index (κ2) is 10.4. The van der Waals surface area contributed by atoms with E-state index < -0.39 is 17.7 Å². The molecule has 0 aromatic heterocycles. The molecule has 3 rings (SSSR count). The van der Waals surface area contributed by atoms with E-state index in [0.29, 0.717) is 42.3 Å². The number of hydrogen-bond donors (Lipinski definition) is 1. The van der Waals surface area contributed by atoms with E-state index in [1.165, 1.54) is 4.90 Å². The third-order valence-corrected chi connectivity index (χ3v) is 5.56. The van der Waals surface area contributed by atoms with Crippen LogP contribution in [0.5, 0.6) is 11.5 Å². The molecule has 0 aliphatic carbocycles. The number of likely N-dealkylation sites (tertiary alicyclic amines) is 1. The summed E-state index contributed by atoms with van der Waals surface area (Å²) in [5, 5.41) is 11.2. The molecule has 0 bridgehead atoms. The second-order valence-corrected chi connectivity index (χ2v) is 8.15. The summed E-state index contributed by atoms with van der Waals surface area (Å²) in [6.07, 6.45) is 1.65. The Bertz CT molecular complexity index is 1070. The molecule has 1 N–H and O–H groups in total. The van der Waals surface area contributed by atoms with Gasteiger partial charge in [0.1, 0.15) is 23.9 Å². The number of methoxy groups -OCH3 is 1. The van der Waals surface area contributed by atoms with Crippen molar-refractivity contribution in [1.29, 1.82) is 0 Å². The molecule has 1 fully saturated rings. The third kappa shape index (κ3) is 5.09. The maximum Gasteiger partial charge on any atom is 0.295 e. The zero-order valence-electron chi connectivity index (χ0n) is 19.5. The number of aliphatic hydroxyl groups excluding tert-OH is 1. The number of carbonyl (C=O) groups excluding carboxylic acids is 2. The van der Waals surface area contributed by atoms with E-state index in [9.17, 15) is 14.7 Å². The summed E-state index contributed by atoms with van der Waals surface area (Å²) in [4.78, 5) is 29.5. The monoisotopic (exact) mass is 450 g/mol. The number of aryl methyl sites for hydroxylation is 1. The quantitative estimate of drug-likeness (QED) is 0.272. The molecular formula is C26H30N2O5. The Hall–Kier alpha value is -3.58. The molecule has 1 aliphatic heterocycles. The first-order valence-corrected chi connectivity index (χ1v) is 10.7. The number of aliphatic hydroxyl groups is 1. The summed E-state index contributed by atoms with van der Waals surface area (Å²) >= 11 is 0. The fourth-order valence-corrected chi connectivity index (χ4v) is 3.85. The van der Waals surface area contributed by atoms with E-state index in [-0.39, 0.29) is 11.3 Å². The van der Waals surface area contributed by atoms with Crippen LogP contribution in [0.4, 0.5) is 0 Å².